The van der Waals surface area contributed by atoms with Gasteiger partial charge in [-0.25, -0.2) is 0 Å². The standard InChI is InChI=1S/C14H13NOS/c1-17-13-8-4-11(5-9-13)14(16)10-2-6-12(15)7-3-10/h2-9H,15H2,1H3. The summed E-state index contributed by atoms with van der Waals surface area (Å²) in [5.74, 6) is 0.0256. The Morgan fingerprint density at radius 3 is 1.88 bits per heavy atom. The van der Waals surface area contributed by atoms with E-state index in [2.05, 4.69) is 0 Å². The second-order valence-corrected chi connectivity index (χ2v) is 4.56. The van der Waals surface area contributed by atoms with E-state index in [4.69, 9.17) is 5.73 Å². The number of thioether (sulfide) groups is 1. The highest BCUT2D eigenvalue weighted by Gasteiger charge is 2.08. The zero-order valence-electron chi connectivity index (χ0n) is 9.51. The predicted octanol–water partition coefficient (Wildman–Crippen LogP) is 3.22. The van der Waals surface area contributed by atoms with Crippen LogP contribution >= 0.6 is 11.8 Å². The van der Waals surface area contributed by atoms with Gasteiger partial charge in [-0.1, -0.05) is 0 Å². The highest BCUT2D eigenvalue weighted by atomic mass is 32.2. The van der Waals surface area contributed by atoms with Gasteiger partial charge in [-0.2, -0.15) is 0 Å². The van der Waals surface area contributed by atoms with E-state index in [0.29, 0.717) is 16.8 Å². The molecule has 0 radical (unpaired) electrons. The summed E-state index contributed by atoms with van der Waals surface area (Å²) in [6, 6.07) is 14.6. The third-order valence-electron chi connectivity index (χ3n) is 2.53. The SMILES string of the molecule is CSc1ccc(C(=O)c2ccc(N)cc2)cc1. The molecule has 0 aliphatic carbocycles. The molecule has 2 nitrogen and oxygen atoms in total. The highest BCUT2D eigenvalue weighted by Crippen LogP contribution is 2.17. The second-order valence-electron chi connectivity index (χ2n) is 3.68. The lowest BCUT2D eigenvalue weighted by Gasteiger charge is -2.02. The van der Waals surface area contributed by atoms with Crippen LogP contribution in [0.4, 0.5) is 5.69 Å². The lowest BCUT2D eigenvalue weighted by Crippen LogP contribution is -2.01. The summed E-state index contributed by atoms with van der Waals surface area (Å²) in [6.07, 6.45) is 2.01. The fourth-order valence-electron chi connectivity index (χ4n) is 1.54. The van der Waals surface area contributed by atoms with Gasteiger partial charge in [-0.15, -0.1) is 11.8 Å². The molecule has 17 heavy (non-hydrogen) atoms. The monoisotopic (exact) mass is 243 g/mol. The zero-order chi connectivity index (χ0) is 12.3. The number of rotatable bonds is 3. The number of carbonyl (C=O) groups excluding carboxylic acids is 1. The Kier molecular flexibility index (Phi) is 3.49. The number of ketones is 1. The summed E-state index contributed by atoms with van der Waals surface area (Å²) >= 11 is 1.66. The smallest absolute Gasteiger partial charge is 0.193 e. The van der Waals surface area contributed by atoms with Crippen LogP contribution in [0.1, 0.15) is 15.9 Å². The third-order valence-corrected chi connectivity index (χ3v) is 3.27. The van der Waals surface area contributed by atoms with E-state index in [-0.39, 0.29) is 5.78 Å². The summed E-state index contributed by atoms with van der Waals surface area (Å²) in [5.41, 5.74) is 7.62. The normalized spacial score (nSPS) is 10.2. The van der Waals surface area contributed by atoms with E-state index in [1.165, 1.54) is 0 Å². The van der Waals surface area contributed by atoms with Gasteiger partial charge in [0.25, 0.3) is 0 Å². The van der Waals surface area contributed by atoms with E-state index >= 15 is 0 Å². The topological polar surface area (TPSA) is 43.1 Å². The average molecular weight is 243 g/mol. The van der Waals surface area contributed by atoms with Gasteiger partial charge in [0, 0.05) is 21.7 Å². The van der Waals surface area contributed by atoms with Crippen LogP contribution in [0.5, 0.6) is 0 Å². The molecule has 3 heteroatoms. The number of nitrogen functional groups attached to an aromatic ring is 1. The molecule has 0 aliphatic rings. The fraction of sp³-hybridized carbons (Fsp3) is 0.0714. The van der Waals surface area contributed by atoms with E-state index in [9.17, 15) is 4.79 Å². The van der Waals surface area contributed by atoms with Gasteiger partial charge in [0.2, 0.25) is 0 Å². The first-order valence-corrected chi connectivity index (χ1v) is 6.47. The van der Waals surface area contributed by atoms with Gasteiger partial charge < -0.3 is 5.73 Å². The first-order chi connectivity index (χ1) is 8.20. The van der Waals surface area contributed by atoms with Gasteiger partial charge >= 0.3 is 0 Å². The van der Waals surface area contributed by atoms with Crippen LogP contribution in [0, 0.1) is 0 Å². The summed E-state index contributed by atoms with van der Waals surface area (Å²) in [4.78, 5) is 13.3. The molecule has 2 rings (SSSR count). The molecule has 2 aromatic rings. The molecule has 0 aromatic heterocycles. The van der Waals surface area contributed by atoms with Crippen molar-refractivity contribution >= 4 is 23.2 Å². The molecule has 0 spiro atoms. The summed E-state index contributed by atoms with van der Waals surface area (Å²) in [5, 5.41) is 0. The molecule has 0 unspecified atom stereocenters. The Bertz CT molecular complexity index is 517. The quantitative estimate of drug-likeness (QED) is 0.511. The van der Waals surface area contributed by atoms with Crippen LogP contribution < -0.4 is 5.73 Å². The molecule has 0 saturated carbocycles. The first kappa shape index (κ1) is 11.7. The van der Waals surface area contributed by atoms with Crippen LogP contribution in [-0.4, -0.2) is 12.0 Å². The molecular formula is C14H13NOS. The molecule has 2 aromatic carbocycles. The number of benzene rings is 2. The molecule has 0 atom stereocenters. The fourth-order valence-corrected chi connectivity index (χ4v) is 1.95. The number of anilines is 1. The lowest BCUT2D eigenvalue weighted by molar-refractivity contribution is 0.103. The Morgan fingerprint density at radius 1 is 0.941 bits per heavy atom. The van der Waals surface area contributed by atoms with Crippen molar-refractivity contribution in [2.45, 2.75) is 4.90 Å². The Hall–Kier alpha value is -1.74. The molecule has 0 aliphatic heterocycles. The maximum absolute atomic E-state index is 12.1. The first-order valence-electron chi connectivity index (χ1n) is 5.25. The van der Waals surface area contributed by atoms with Crippen molar-refractivity contribution in [1.29, 1.82) is 0 Å². The Balaban J connectivity index is 2.27. The van der Waals surface area contributed by atoms with Gasteiger partial charge in [-0.05, 0) is 54.8 Å². The van der Waals surface area contributed by atoms with Gasteiger partial charge in [0.15, 0.2) is 5.78 Å². The van der Waals surface area contributed by atoms with Crippen molar-refractivity contribution in [2.75, 3.05) is 12.0 Å². The molecule has 0 heterocycles. The van der Waals surface area contributed by atoms with Crippen molar-refractivity contribution in [2.24, 2.45) is 0 Å². The van der Waals surface area contributed by atoms with Crippen molar-refractivity contribution < 1.29 is 4.79 Å². The Labute approximate surface area is 105 Å². The molecule has 0 amide bonds. The predicted molar refractivity (Wildman–Crippen MR) is 72.5 cm³/mol. The highest BCUT2D eigenvalue weighted by molar-refractivity contribution is 7.98. The van der Waals surface area contributed by atoms with E-state index < -0.39 is 0 Å². The van der Waals surface area contributed by atoms with Crippen molar-refractivity contribution in [3.05, 3.63) is 59.7 Å². The summed E-state index contributed by atoms with van der Waals surface area (Å²) in [6.45, 7) is 0. The maximum Gasteiger partial charge on any atom is 0.193 e. The van der Waals surface area contributed by atoms with Gasteiger partial charge in [0.05, 0.1) is 0 Å². The minimum absolute atomic E-state index is 0.0256. The van der Waals surface area contributed by atoms with E-state index in [1.54, 1.807) is 36.0 Å². The van der Waals surface area contributed by atoms with Crippen LogP contribution in [0.3, 0.4) is 0 Å². The van der Waals surface area contributed by atoms with E-state index in [0.717, 1.165) is 4.90 Å². The van der Waals surface area contributed by atoms with Crippen LogP contribution in [0.2, 0.25) is 0 Å². The Morgan fingerprint density at radius 2 is 1.41 bits per heavy atom. The lowest BCUT2D eigenvalue weighted by atomic mass is 10.0. The van der Waals surface area contributed by atoms with Crippen LogP contribution in [0.15, 0.2) is 53.4 Å². The van der Waals surface area contributed by atoms with Crippen molar-refractivity contribution in [3.63, 3.8) is 0 Å². The van der Waals surface area contributed by atoms with Crippen LogP contribution in [-0.2, 0) is 0 Å². The number of hydrogen-bond donors (Lipinski definition) is 1. The molecule has 86 valence electrons. The molecular weight excluding hydrogens is 230 g/mol. The summed E-state index contributed by atoms with van der Waals surface area (Å²) < 4.78 is 0. The van der Waals surface area contributed by atoms with Gasteiger partial charge in [0.1, 0.15) is 0 Å². The molecule has 0 fully saturated rings. The average Bonchev–Trinajstić information content (AvgIpc) is 2.39. The third kappa shape index (κ3) is 2.68. The minimum Gasteiger partial charge on any atom is -0.399 e. The largest absolute Gasteiger partial charge is 0.399 e. The number of carbonyl (C=O) groups is 1. The van der Waals surface area contributed by atoms with Crippen molar-refractivity contribution in [3.8, 4) is 0 Å². The number of nitrogens with two attached hydrogens (primary N) is 1. The van der Waals surface area contributed by atoms with E-state index in [1.807, 2.05) is 30.5 Å². The van der Waals surface area contributed by atoms with Crippen molar-refractivity contribution in [1.82, 2.24) is 0 Å². The molecule has 0 bridgehead atoms. The number of hydrogen-bond acceptors (Lipinski definition) is 3. The molecule has 0 saturated heterocycles. The van der Waals surface area contributed by atoms with Gasteiger partial charge in [-0.3, -0.25) is 4.79 Å². The second kappa shape index (κ2) is 5.06. The summed E-state index contributed by atoms with van der Waals surface area (Å²) in [7, 11) is 0. The minimum atomic E-state index is 0.0256. The molecule has 2 N–H and O–H groups in total. The van der Waals surface area contributed by atoms with Crippen LogP contribution in [0.25, 0.3) is 0 Å². The maximum atomic E-state index is 12.1. The zero-order valence-corrected chi connectivity index (χ0v) is 10.3.